The lowest BCUT2D eigenvalue weighted by Crippen LogP contribution is -2.29. The van der Waals surface area contributed by atoms with E-state index in [2.05, 4.69) is 6.92 Å². The Morgan fingerprint density at radius 3 is 1.77 bits per heavy atom. The fourth-order valence-corrected chi connectivity index (χ4v) is 2.56. The standard InChI is InChI=1S/C18H34O4/c1-4-5-6-7-8-9-10-11-12-13-14-18(2,3)22-17(21)15-16(19)20/h4-15H2,1-3H3,(H,19,20). The summed E-state index contributed by atoms with van der Waals surface area (Å²) in [6.45, 7) is 5.93. The fourth-order valence-electron chi connectivity index (χ4n) is 2.56. The van der Waals surface area contributed by atoms with Crippen LogP contribution in [0, 0.1) is 0 Å². The molecule has 0 radical (unpaired) electrons. The van der Waals surface area contributed by atoms with Crippen molar-refractivity contribution in [2.24, 2.45) is 0 Å². The van der Waals surface area contributed by atoms with Crippen molar-refractivity contribution in [1.82, 2.24) is 0 Å². The SMILES string of the molecule is CCCCCCCCCCCCC(C)(C)OC(=O)CC(=O)O. The van der Waals surface area contributed by atoms with Gasteiger partial charge in [-0.15, -0.1) is 0 Å². The van der Waals surface area contributed by atoms with Crippen molar-refractivity contribution in [3.05, 3.63) is 0 Å². The van der Waals surface area contributed by atoms with Crippen LogP contribution >= 0.6 is 0 Å². The lowest BCUT2D eigenvalue weighted by molar-refractivity contribution is -0.161. The van der Waals surface area contributed by atoms with Crippen molar-refractivity contribution in [3.8, 4) is 0 Å². The largest absolute Gasteiger partial charge is 0.481 e. The Bertz CT molecular complexity index is 310. The van der Waals surface area contributed by atoms with Gasteiger partial charge in [0.05, 0.1) is 0 Å². The predicted octanol–water partition coefficient (Wildman–Crippen LogP) is 5.09. The molecule has 0 fully saturated rings. The second kappa shape index (κ2) is 12.5. The Kier molecular flexibility index (Phi) is 11.9. The molecule has 0 aromatic carbocycles. The third-order valence-corrected chi connectivity index (χ3v) is 3.82. The van der Waals surface area contributed by atoms with Gasteiger partial charge in [0.25, 0.3) is 0 Å². The van der Waals surface area contributed by atoms with E-state index in [0.717, 1.165) is 19.3 Å². The lowest BCUT2D eigenvalue weighted by atomic mass is 9.99. The minimum Gasteiger partial charge on any atom is -0.481 e. The first kappa shape index (κ1) is 20.9. The van der Waals surface area contributed by atoms with Crippen LogP contribution in [0.2, 0.25) is 0 Å². The van der Waals surface area contributed by atoms with Crippen molar-refractivity contribution in [1.29, 1.82) is 0 Å². The van der Waals surface area contributed by atoms with Crippen LogP contribution in [-0.4, -0.2) is 22.6 Å². The first-order valence-electron chi connectivity index (χ1n) is 8.81. The topological polar surface area (TPSA) is 63.6 Å². The van der Waals surface area contributed by atoms with E-state index in [1.165, 1.54) is 51.4 Å². The highest BCUT2D eigenvalue weighted by Gasteiger charge is 2.23. The van der Waals surface area contributed by atoms with Gasteiger partial charge in [-0.05, 0) is 26.7 Å². The van der Waals surface area contributed by atoms with Gasteiger partial charge in [0.15, 0.2) is 0 Å². The van der Waals surface area contributed by atoms with Crippen LogP contribution in [0.3, 0.4) is 0 Å². The minimum atomic E-state index is -1.14. The number of hydrogen-bond donors (Lipinski definition) is 1. The summed E-state index contributed by atoms with van der Waals surface area (Å²) in [6.07, 6.45) is 13.0. The number of carboxylic acids is 1. The van der Waals surface area contributed by atoms with E-state index >= 15 is 0 Å². The summed E-state index contributed by atoms with van der Waals surface area (Å²) in [4.78, 5) is 21.8. The van der Waals surface area contributed by atoms with Crippen LogP contribution < -0.4 is 0 Å². The zero-order valence-electron chi connectivity index (χ0n) is 14.7. The van der Waals surface area contributed by atoms with Crippen molar-refractivity contribution >= 4 is 11.9 Å². The fraction of sp³-hybridized carbons (Fsp3) is 0.889. The molecule has 0 amide bonds. The highest BCUT2D eigenvalue weighted by atomic mass is 16.6. The van der Waals surface area contributed by atoms with E-state index in [-0.39, 0.29) is 0 Å². The van der Waals surface area contributed by atoms with Gasteiger partial charge in [-0.3, -0.25) is 9.59 Å². The van der Waals surface area contributed by atoms with E-state index in [0.29, 0.717) is 0 Å². The quantitative estimate of drug-likeness (QED) is 0.275. The van der Waals surface area contributed by atoms with Gasteiger partial charge in [-0.25, -0.2) is 0 Å². The molecule has 0 aromatic rings. The molecule has 0 aliphatic heterocycles. The maximum Gasteiger partial charge on any atom is 0.317 e. The van der Waals surface area contributed by atoms with E-state index in [1.54, 1.807) is 0 Å². The van der Waals surface area contributed by atoms with Crippen molar-refractivity contribution < 1.29 is 19.4 Å². The maximum atomic E-state index is 11.3. The molecule has 0 rings (SSSR count). The van der Waals surface area contributed by atoms with Crippen LogP contribution in [0.4, 0.5) is 0 Å². The number of carbonyl (C=O) groups excluding carboxylic acids is 1. The van der Waals surface area contributed by atoms with Gasteiger partial charge in [0.1, 0.15) is 12.0 Å². The lowest BCUT2D eigenvalue weighted by Gasteiger charge is -2.24. The average Bonchev–Trinajstić information content (AvgIpc) is 2.39. The van der Waals surface area contributed by atoms with E-state index in [9.17, 15) is 9.59 Å². The average molecular weight is 314 g/mol. The van der Waals surface area contributed by atoms with Gasteiger partial charge in [-0.1, -0.05) is 64.7 Å². The molecule has 4 heteroatoms. The molecule has 0 heterocycles. The Morgan fingerprint density at radius 1 is 0.864 bits per heavy atom. The Morgan fingerprint density at radius 2 is 1.32 bits per heavy atom. The monoisotopic (exact) mass is 314 g/mol. The summed E-state index contributed by atoms with van der Waals surface area (Å²) < 4.78 is 5.21. The van der Waals surface area contributed by atoms with Crippen LogP contribution in [0.5, 0.6) is 0 Å². The Balaban J connectivity index is 3.52. The summed E-state index contributed by atoms with van der Waals surface area (Å²) in [5.41, 5.74) is -0.563. The van der Waals surface area contributed by atoms with Gasteiger partial charge < -0.3 is 9.84 Å². The molecule has 0 aromatic heterocycles. The van der Waals surface area contributed by atoms with Crippen molar-refractivity contribution in [2.45, 2.75) is 103 Å². The van der Waals surface area contributed by atoms with Gasteiger partial charge in [0.2, 0.25) is 0 Å². The molecule has 0 unspecified atom stereocenters. The smallest absolute Gasteiger partial charge is 0.317 e. The third kappa shape index (κ3) is 13.9. The summed E-state index contributed by atoms with van der Waals surface area (Å²) in [5.74, 6) is -1.79. The summed E-state index contributed by atoms with van der Waals surface area (Å²) in [5, 5.41) is 8.54. The van der Waals surface area contributed by atoms with E-state index in [4.69, 9.17) is 9.84 Å². The van der Waals surface area contributed by atoms with Crippen LogP contribution in [0.15, 0.2) is 0 Å². The molecule has 0 aliphatic rings. The van der Waals surface area contributed by atoms with Crippen molar-refractivity contribution in [2.75, 3.05) is 0 Å². The Labute approximate surface area is 135 Å². The summed E-state index contributed by atoms with van der Waals surface area (Å²) in [7, 11) is 0. The van der Waals surface area contributed by atoms with Crippen LogP contribution in [0.25, 0.3) is 0 Å². The third-order valence-electron chi connectivity index (χ3n) is 3.82. The van der Waals surface area contributed by atoms with E-state index in [1.807, 2.05) is 13.8 Å². The molecule has 0 saturated carbocycles. The second-order valence-corrected chi connectivity index (χ2v) is 6.74. The van der Waals surface area contributed by atoms with E-state index < -0.39 is 24.0 Å². The van der Waals surface area contributed by atoms with Crippen LogP contribution in [-0.2, 0) is 14.3 Å². The molecule has 1 N–H and O–H groups in total. The van der Waals surface area contributed by atoms with Crippen LogP contribution in [0.1, 0.15) is 97.8 Å². The number of carboxylic acid groups (broad SMARTS) is 1. The predicted molar refractivity (Wildman–Crippen MR) is 88.9 cm³/mol. The summed E-state index contributed by atoms with van der Waals surface area (Å²) in [6, 6.07) is 0. The number of carbonyl (C=O) groups is 2. The normalized spacial score (nSPS) is 11.4. The zero-order valence-corrected chi connectivity index (χ0v) is 14.7. The molecule has 4 nitrogen and oxygen atoms in total. The second-order valence-electron chi connectivity index (χ2n) is 6.74. The van der Waals surface area contributed by atoms with Gasteiger partial charge in [0, 0.05) is 0 Å². The molecule has 0 spiro atoms. The first-order chi connectivity index (χ1) is 10.4. The van der Waals surface area contributed by atoms with Gasteiger partial charge in [-0.2, -0.15) is 0 Å². The Hall–Kier alpha value is -1.06. The number of ether oxygens (including phenoxy) is 1. The molecule has 0 aliphatic carbocycles. The maximum absolute atomic E-state index is 11.3. The molecule has 0 saturated heterocycles. The molecular formula is C18H34O4. The molecule has 0 bridgehead atoms. The van der Waals surface area contributed by atoms with Crippen molar-refractivity contribution in [3.63, 3.8) is 0 Å². The minimum absolute atomic E-state index is 0.554. The number of unbranched alkanes of at least 4 members (excludes halogenated alkanes) is 9. The highest BCUT2D eigenvalue weighted by Crippen LogP contribution is 2.20. The summed E-state index contributed by atoms with van der Waals surface area (Å²) >= 11 is 0. The number of aliphatic carboxylic acids is 1. The highest BCUT2D eigenvalue weighted by molar-refractivity contribution is 5.90. The molecule has 130 valence electrons. The molecular weight excluding hydrogens is 280 g/mol. The molecule has 22 heavy (non-hydrogen) atoms. The number of hydrogen-bond acceptors (Lipinski definition) is 3. The number of rotatable bonds is 14. The van der Waals surface area contributed by atoms with Gasteiger partial charge >= 0.3 is 11.9 Å². The zero-order chi connectivity index (χ0) is 16.8. The first-order valence-corrected chi connectivity index (χ1v) is 8.81. The number of esters is 1. The molecule has 0 atom stereocenters.